The van der Waals surface area contributed by atoms with Gasteiger partial charge in [0, 0.05) is 5.56 Å². The van der Waals surface area contributed by atoms with Gasteiger partial charge in [0.05, 0.1) is 18.9 Å². The Bertz CT molecular complexity index is 1320. The van der Waals surface area contributed by atoms with Crippen LogP contribution in [0.2, 0.25) is 0 Å². The fourth-order valence-corrected chi connectivity index (χ4v) is 3.25. The second-order valence-corrected chi connectivity index (χ2v) is 7.21. The molecule has 4 aromatic carbocycles. The minimum Gasteiger partial charge on any atom is -0.497 e. The maximum absolute atomic E-state index is 12.7. The van der Waals surface area contributed by atoms with Crippen molar-refractivity contribution in [1.29, 1.82) is 0 Å². The minimum absolute atomic E-state index is 0.184. The van der Waals surface area contributed by atoms with Gasteiger partial charge >= 0.3 is 5.97 Å². The molecule has 0 bridgehead atoms. The van der Waals surface area contributed by atoms with Crippen molar-refractivity contribution in [3.8, 4) is 17.2 Å². The zero-order valence-electron chi connectivity index (χ0n) is 18.4. The van der Waals surface area contributed by atoms with Crippen molar-refractivity contribution in [2.45, 2.75) is 0 Å². The Morgan fingerprint density at radius 2 is 1.59 bits per heavy atom. The van der Waals surface area contributed by atoms with E-state index in [2.05, 4.69) is 10.5 Å². The molecule has 0 radical (unpaired) electrons. The molecule has 0 unspecified atom stereocenters. The van der Waals surface area contributed by atoms with Crippen molar-refractivity contribution < 1.29 is 23.8 Å². The van der Waals surface area contributed by atoms with Crippen molar-refractivity contribution in [3.63, 3.8) is 0 Å². The summed E-state index contributed by atoms with van der Waals surface area (Å²) in [4.78, 5) is 24.8. The van der Waals surface area contributed by atoms with Crippen LogP contribution in [-0.4, -0.2) is 31.8 Å². The van der Waals surface area contributed by atoms with E-state index in [9.17, 15) is 9.59 Å². The second kappa shape index (κ2) is 10.8. The minimum atomic E-state index is -0.520. The number of benzene rings is 4. The highest BCUT2D eigenvalue weighted by Gasteiger charge is 2.14. The Balaban J connectivity index is 1.51. The predicted octanol–water partition coefficient (Wildman–Crippen LogP) is 4.60. The largest absolute Gasteiger partial charge is 0.497 e. The summed E-state index contributed by atoms with van der Waals surface area (Å²) in [7, 11) is 1.56. The van der Waals surface area contributed by atoms with E-state index in [1.54, 1.807) is 49.6 Å². The number of hydrogen-bond donors (Lipinski definition) is 1. The average molecular weight is 454 g/mol. The smallest absolute Gasteiger partial charge is 0.343 e. The van der Waals surface area contributed by atoms with Crippen molar-refractivity contribution in [2.75, 3.05) is 13.7 Å². The van der Waals surface area contributed by atoms with Crippen LogP contribution in [0.5, 0.6) is 17.2 Å². The van der Waals surface area contributed by atoms with E-state index in [1.165, 1.54) is 6.21 Å². The molecule has 1 N–H and O–H groups in total. The first kappa shape index (κ1) is 22.5. The molecule has 0 spiro atoms. The quantitative estimate of drug-likeness (QED) is 0.182. The van der Waals surface area contributed by atoms with Crippen molar-refractivity contribution >= 4 is 28.9 Å². The third-order valence-electron chi connectivity index (χ3n) is 4.96. The summed E-state index contributed by atoms with van der Waals surface area (Å²) in [5, 5.41) is 5.81. The fourth-order valence-electron chi connectivity index (χ4n) is 3.25. The van der Waals surface area contributed by atoms with Gasteiger partial charge in [-0.3, -0.25) is 4.79 Å². The van der Waals surface area contributed by atoms with Gasteiger partial charge in [-0.2, -0.15) is 5.10 Å². The van der Waals surface area contributed by atoms with Crippen LogP contribution in [0.1, 0.15) is 15.9 Å². The third kappa shape index (κ3) is 5.58. The summed E-state index contributed by atoms with van der Waals surface area (Å²) in [5.41, 5.74) is 3.38. The summed E-state index contributed by atoms with van der Waals surface area (Å²) >= 11 is 0. The fraction of sp³-hybridized carbons (Fsp3) is 0.0741. The molecule has 0 aliphatic rings. The van der Waals surface area contributed by atoms with Gasteiger partial charge in [0.25, 0.3) is 5.91 Å². The molecular formula is C27H22N2O5. The zero-order valence-corrected chi connectivity index (χ0v) is 18.4. The van der Waals surface area contributed by atoms with Crippen LogP contribution in [-0.2, 0) is 4.79 Å². The molecule has 34 heavy (non-hydrogen) atoms. The highest BCUT2D eigenvalue weighted by atomic mass is 16.5. The highest BCUT2D eigenvalue weighted by molar-refractivity contribution is 6.04. The number of ether oxygens (including phenoxy) is 3. The molecule has 170 valence electrons. The molecule has 0 saturated carbocycles. The number of para-hydroxylation sites is 1. The van der Waals surface area contributed by atoms with E-state index >= 15 is 0 Å². The van der Waals surface area contributed by atoms with Crippen LogP contribution >= 0.6 is 0 Å². The predicted molar refractivity (Wildman–Crippen MR) is 130 cm³/mol. The van der Waals surface area contributed by atoms with Crippen molar-refractivity contribution in [2.24, 2.45) is 5.10 Å². The molecular weight excluding hydrogens is 432 g/mol. The molecule has 4 rings (SSSR count). The van der Waals surface area contributed by atoms with Gasteiger partial charge in [0.15, 0.2) is 6.61 Å². The first-order valence-corrected chi connectivity index (χ1v) is 10.5. The number of carbonyl (C=O) groups excluding carboxylic acids is 2. The summed E-state index contributed by atoms with van der Waals surface area (Å²) < 4.78 is 16.2. The van der Waals surface area contributed by atoms with Gasteiger partial charge in [-0.25, -0.2) is 10.2 Å². The Labute approximate surface area is 196 Å². The van der Waals surface area contributed by atoms with Gasteiger partial charge in [0.1, 0.15) is 17.2 Å². The normalized spacial score (nSPS) is 10.7. The third-order valence-corrected chi connectivity index (χ3v) is 4.96. The summed E-state index contributed by atoms with van der Waals surface area (Å²) in [6.45, 7) is -0.184. The first-order valence-electron chi connectivity index (χ1n) is 10.5. The number of amides is 1. The van der Waals surface area contributed by atoms with Crippen LogP contribution in [0.25, 0.3) is 10.8 Å². The van der Waals surface area contributed by atoms with E-state index in [0.29, 0.717) is 28.4 Å². The Morgan fingerprint density at radius 1 is 0.853 bits per heavy atom. The Kier molecular flexibility index (Phi) is 7.15. The van der Waals surface area contributed by atoms with Gasteiger partial charge in [-0.05, 0) is 53.2 Å². The number of fused-ring (bicyclic) bond motifs is 1. The van der Waals surface area contributed by atoms with Gasteiger partial charge < -0.3 is 14.2 Å². The summed E-state index contributed by atoms with van der Waals surface area (Å²) in [5.74, 6) is 0.605. The number of nitrogens with one attached hydrogen (secondary N) is 1. The second-order valence-electron chi connectivity index (χ2n) is 7.21. The van der Waals surface area contributed by atoms with Crippen LogP contribution in [0.3, 0.4) is 0 Å². The SMILES string of the molecule is COc1ccc(C(=O)Oc2ccc3ccccc3c2/C=N\NC(=O)COc2ccccc2)cc1. The van der Waals surface area contributed by atoms with E-state index in [0.717, 1.165) is 10.8 Å². The van der Waals surface area contributed by atoms with Gasteiger partial charge in [-0.15, -0.1) is 0 Å². The van der Waals surface area contributed by atoms with Crippen LogP contribution < -0.4 is 19.6 Å². The Hall–Kier alpha value is -4.65. The molecule has 0 aromatic heterocycles. The number of hydrazone groups is 1. The van der Waals surface area contributed by atoms with Crippen molar-refractivity contribution in [3.05, 3.63) is 102 Å². The van der Waals surface area contributed by atoms with Gasteiger partial charge in [0.2, 0.25) is 0 Å². The molecule has 0 saturated heterocycles. The van der Waals surface area contributed by atoms with E-state index < -0.39 is 11.9 Å². The highest BCUT2D eigenvalue weighted by Crippen LogP contribution is 2.27. The zero-order chi connectivity index (χ0) is 23.8. The molecule has 0 heterocycles. The molecule has 7 heteroatoms. The number of rotatable bonds is 8. The molecule has 0 atom stereocenters. The first-order chi connectivity index (χ1) is 16.6. The lowest BCUT2D eigenvalue weighted by atomic mass is 10.0. The molecule has 4 aromatic rings. The number of methoxy groups -OCH3 is 1. The van der Waals surface area contributed by atoms with Crippen LogP contribution in [0.4, 0.5) is 0 Å². The molecule has 7 nitrogen and oxygen atoms in total. The van der Waals surface area contributed by atoms with Crippen LogP contribution in [0, 0.1) is 0 Å². The number of esters is 1. The Morgan fingerprint density at radius 3 is 2.35 bits per heavy atom. The summed E-state index contributed by atoms with van der Waals surface area (Å²) in [6, 6.07) is 26.8. The lowest BCUT2D eigenvalue weighted by molar-refractivity contribution is -0.123. The van der Waals surface area contributed by atoms with E-state index in [4.69, 9.17) is 14.2 Å². The standard InChI is InChI=1S/C27H22N2O5/c1-32-21-14-11-20(12-15-21)27(31)34-25-16-13-19-7-5-6-10-23(19)24(25)17-28-29-26(30)18-33-22-8-3-2-4-9-22/h2-17H,18H2,1H3,(H,29,30)/b28-17-. The number of hydrogen-bond acceptors (Lipinski definition) is 6. The monoisotopic (exact) mass is 454 g/mol. The average Bonchev–Trinajstić information content (AvgIpc) is 2.89. The number of nitrogens with zero attached hydrogens (tertiary/aromatic N) is 1. The maximum atomic E-state index is 12.7. The molecule has 0 fully saturated rings. The molecule has 1 amide bonds. The van der Waals surface area contributed by atoms with Crippen molar-refractivity contribution in [1.82, 2.24) is 5.43 Å². The maximum Gasteiger partial charge on any atom is 0.343 e. The topological polar surface area (TPSA) is 86.2 Å². The molecule has 0 aliphatic heterocycles. The van der Waals surface area contributed by atoms with E-state index in [1.807, 2.05) is 48.5 Å². The number of carbonyl (C=O) groups is 2. The van der Waals surface area contributed by atoms with Crippen LogP contribution in [0.15, 0.2) is 96.1 Å². The lowest BCUT2D eigenvalue weighted by Crippen LogP contribution is -2.24. The summed E-state index contributed by atoms with van der Waals surface area (Å²) in [6.07, 6.45) is 1.46. The van der Waals surface area contributed by atoms with E-state index in [-0.39, 0.29) is 6.61 Å². The van der Waals surface area contributed by atoms with Gasteiger partial charge in [-0.1, -0.05) is 48.5 Å². The molecule has 0 aliphatic carbocycles. The lowest BCUT2D eigenvalue weighted by Gasteiger charge is -2.11.